The lowest BCUT2D eigenvalue weighted by Crippen LogP contribution is -2.26. The molecule has 2 N–H and O–H groups in total. The van der Waals surface area contributed by atoms with E-state index in [2.05, 4.69) is 25.9 Å². The molecule has 7 nitrogen and oxygen atoms in total. The number of H-pyrrole nitrogens is 1. The number of hydrogen-bond acceptors (Lipinski definition) is 5. The van der Waals surface area contributed by atoms with Crippen molar-refractivity contribution in [3.63, 3.8) is 0 Å². The van der Waals surface area contributed by atoms with Crippen molar-refractivity contribution in [3.05, 3.63) is 33.6 Å². The summed E-state index contributed by atoms with van der Waals surface area (Å²) in [5.41, 5.74) is 0.203. The molecule has 20 heavy (non-hydrogen) atoms. The normalized spacial score (nSPS) is 10.3. The Morgan fingerprint density at radius 1 is 1.40 bits per heavy atom. The average Bonchev–Trinajstić information content (AvgIpc) is 2.94. The Morgan fingerprint density at radius 3 is 2.80 bits per heavy atom. The maximum Gasteiger partial charge on any atom is 0.256 e. The maximum absolute atomic E-state index is 12.1. The van der Waals surface area contributed by atoms with Crippen molar-refractivity contribution in [3.8, 4) is 5.75 Å². The van der Waals surface area contributed by atoms with Crippen LogP contribution >= 0.6 is 23.2 Å². The van der Waals surface area contributed by atoms with Crippen LogP contribution in [-0.2, 0) is 6.42 Å². The Labute approximate surface area is 124 Å². The van der Waals surface area contributed by atoms with E-state index >= 15 is 0 Å². The zero-order valence-electron chi connectivity index (χ0n) is 10.5. The monoisotopic (exact) mass is 315 g/mol. The van der Waals surface area contributed by atoms with E-state index in [-0.39, 0.29) is 22.2 Å². The number of amides is 1. The second kappa shape index (κ2) is 6.53. The van der Waals surface area contributed by atoms with Gasteiger partial charge in [-0.05, 0) is 12.1 Å². The number of halogens is 2. The molecule has 1 amide bonds. The fourth-order valence-corrected chi connectivity index (χ4v) is 2.08. The van der Waals surface area contributed by atoms with Gasteiger partial charge in [-0.2, -0.15) is 5.21 Å². The van der Waals surface area contributed by atoms with Crippen LogP contribution in [0, 0.1) is 0 Å². The van der Waals surface area contributed by atoms with E-state index < -0.39 is 0 Å². The van der Waals surface area contributed by atoms with Crippen LogP contribution in [-0.4, -0.2) is 40.2 Å². The third kappa shape index (κ3) is 3.17. The van der Waals surface area contributed by atoms with Gasteiger partial charge in [0, 0.05) is 13.0 Å². The molecule has 106 valence electrons. The van der Waals surface area contributed by atoms with Crippen LogP contribution in [0.25, 0.3) is 0 Å². The van der Waals surface area contributed by atoms with Gasteiger partial charge in [-0.25, -0.2) is 0 Å². The summed E-state index contributed by atoms with van der Waals surface area (Å²) in [4.78, 5) is 12.1. The van der Waals surface area contributed by atoms with Crippen molar-refractivity contribution in [1.29, 1.82) is 0 Å². The molecular weight excluding hydrogens is 305 g/mol. The molecule has 0 unspecified atom stereocenters. The highest BCUT2D eigenvalue weighted by Crippen LogP contribution is 2.33. The first-order valence-electron chi connectivity index (χ1n) is 5.66. The van der Waals surface area contributed by atoms with E-state index in [4.69, 9.17) is 27.9 Å². The quantitative estimate of drug-likeness (QED) is 0.872. The molecule has 0 aliphatic heterocycles. The zero-order chi connectivity index (χ0) is 14.5. The van der Waals surface area contributed by atoms with Gasteiger partial charge in [0.15, 0.2) is 11.6 Å². The molecule has 2 aromatic rings. The van der Waals surface area contributed by atoms with E-state index in [1.807, 2.05) is 0 Å². The lowest BCUT2D eigenvalue weighted by Gasteiger charge is -2.11. The van der Waals surface area contributed by atoms with Gasteiger partial charge in [-0.15, -0.1) is 10.2 Å². The fourth-order valence-electron chi connectivity index (χ4n) is 1.61. The number of hydrogen-bond donors (Lipinski definition) is 2. The molecule has 0 bridgehead atoms. The zero-order valence-corrected chi connectivity index (χ0v) is 12.0. The molecule has 0 fully saturated rings. The molecule has 1 aromatic carbocycles. The van der Waals surface area contributed by atoms with Gasteiger partial charge in [0.05, 0.1) is 17.2 Å². The standard InChI is InChI=1S/C11H11Cl2N5O2/c1-20-10-7(13)3-2-6(12)9(10)11(19)14-5-4-8-15-17-18-16-8/h2-3H,4-5H2,1H3,(H,14,19)(H,15,16,17,18). The van der Waals surface area contributed by atoms with E-state index in [0.717, 1.165) is 0 Å². The van der Waals surface area contributed by atoms with Gasteiger partial charge in [-0.1, -0.05) is 28.4 Å². The summed E-state index contributed by atoms with van der Waals surface area (Å²) in [6.45, 7) is 0.338. The van der Waals surface area contributed by atoms with Crippen LogP contribution in [0.3, 0.4) is 0 Å². The van der Waals surface area contributed by atoms with Gasteiger partial charge in [0.2, 0.25) is 0 Å². The van der Waals surface area contributed by atoms with Gasteiger partial charge >= 0.3 is 0 Å². The number of benzene rings is 1. The number of carbonyl (C=O) groups is 1. The summed E-state index contributed by atoms with van der Waals surface area (Å²) in [5.74, 6) is 0.378. The number of methoxy groups -OCH3 is 1. The van der Waals surface area contributed by atoms with E-state index in [0.29, 0.717) is 23.8 Å². The second-order valence-electron chi connectivity index (χ2n) is 3.77. The van der Waals surface area contributed by atoms with Crippen LogP contribution in [0.1, 0.15) is 16.2 Å². The Morgan fingerprint density at radius 2 is 2.15 bits per heavy atom. The maximum atomic E-state index is 12.1. The first kappa shape index (κ1) is 14.5. The number of nitrogens with one attached hydrogen (secondary N) is 2. The largest absolute Gasteiger partial charge is 0.494 e. The number of tetrazole rings is 1. The van der Waals surface area contributed by atoms with Crippen LogP contribution in [0.4, 0.5) is 0 Å². The molecule has 0 atom stereocenters. The highest BCUT2D eigenvalue weighted by Gasteiger charge is 2.19. The Balaban J connectivity index is 2.07. The first-order chi connectivity index (χ1) is 9.63. The van der Waals surface area contributed by atoms with Gasteiger partial charge in [-0.3, -0.25) is 4.79 Å². The highest BCUT2D eigenvalue weighted by atomic mass is 35.5. The summed E-state index contributed by atoms with van der Waals surface area (Å²) >= 11 is 12.0. The second-order valence-corrected chi connectivity index (χ2v) is 4.59. The molecule has 0 spiro atoms. The van der Waals surface area contributed by atoms with Crippen molar-refractivity contribution >= 4 is 29.1 Å². The lowest BCUT2D eigenvalue weighted by atomic mass is 10.2. The molecule has 1 aromatic heterocycles. The van der Waals surface area contributed by atoms with Crippen molar-refractivity contribution < 1.29 is 9.53 Å². The van der Waals surface area contributed by atoms with Crippen LogP contribution in [0.15, 0.2) is 12.1 Å². The molecule has 0 aliphatic carbocycles. The number of rotatable bonds is 5. The predicted octanol–water partition coefficient (Wildman–Crippen LogP) is 1.49. The predicted molar refractivity (Wildman–Crippen MR) is 73.2 cm³/mol. The van der Waals surface area contributed by atoms with Crippen molar-refractivity contribution in [2.24, 2.45) is 0 Å². The highest BCUT2D eigenvalue weighted by molar-refractivity contribution is 6.37. The summed E-state index contributed by atoms with van der Waals surface area (Å²) in [6.07, 6.45) is 0.447. The third-order valence-corrected chi connectivity index (χ3v) is 3.13. The Kier molecular flexibility index (Phi) is 4.75. The summed E-state index contributed by atoms with van der Waals surface area (Å²) in [7, 11) is 1.42. The van der Waals surface area contributed by atoms with Crippen molar-refractivity contribution in [2.45, 2.75) is 6.42 Å². The van der Waals surface area contributed by atoms with Gasteiger partial charge < -0.3 is 10.1 Å². The first-order valence-corrected chi connectivity index (χ1v) is 6.41. The Hall–Kier alpha value is -1.86. The van der Waals surface area contributed by atoms with Crippen molar-refractivity contribution in [1.82, 2.24) is 25.9 Å². The topological polar surface area (TPSA) is 92.8 Å². The molecule has 2 rings (SSSR count). The fraction of sp³-hybridized carbons (Fsp3) is 0.273. The summed E-state index contributed by atoms with van der Waals surface area (Å²) < 4.78 is 5.11. The minimum absolute atomic E-state index is 0.203. The van der Waals surface area contributed by atoms with Gasteiger partial charge in [0.1, 0.15) is 5.56 Å². The molecule has 0 radical (unpaired) electrons. The van der Waals surface area contributed by atoms with E-state index in [9.17, 15) is 4.79 Å². The summed E-state index contributed by atoms with van der Waals surface area (Å²) in [5, 5.41) is 16.6. The lowest BCUT2D eigenvalue weighted by molar-refractivity contribution is 0.0951. The molecule has 0 aliphatic rings. The summed E-state index contributed by atoms with van der Waals surface area (Å²) in [6, 6.07) is 3.11. The molecular formula is C11H11Cl2N5O2. The third-order valence-electron chi connectivity index (χ3n) is 2.51. The molecule has 0 saturated carbocycles. The average molecular weight is 316 g/mol. The van der Waals surface area contributed by atoms with Crippen LogP contribution < -0.4 is 10.1 Å². The number of nitrogens with zero attached hydrogens (tertiary/aromatic N) is 3. The number of aromatic nitrogens is 4. The number of aromatic amines is 1. The van der Waals surface area contributed by atoms with E-state index in [1.54, 1.807) is 12.1 Å². The Bertz CT molecular complexity index is 603. The molecule has 0 saturated heterocycles. The number of ether oxygens (including phenoxy) is 1. The van der Waals surface area contributed by atoms with Crippen LogP contribution in [0.2, 0.25) is 10.0 Å². The molecule has 1 heterocycles. The number of carbonyl (C=O) groups excluding carboxylic acids is 1. The van der Waals surface area contributed by atoms with Crippen molar-refractivity contribution in [2.75, 3.05) is 13.7 Å². The minimum atomic E-state index is -0.377. The SMILES string of the molecule is COc1c(Cl)ccc(Cl)c1C(=O)NCCc1nn[nH]n1. The smallest absolute Gasteiger partial charge is 0.256 e. The molecule has 9 heteroatoms. The van der Waals surface area contributed by atoms with Crippen LogP contribution in [0.5, 0.6) is 5.75 Å². The minimum Gasteiger partial charge on any atom is -0.494 e. The van der Waals surface area contributed by atoms with E-state index in [1.165, 1.54) is 7.11 Å². The van der Waals surface area contributed by atoms with Gasteiger partial charge in [0.25, 0.3) is 5.91 Å².